The lowest BCUT2D eigenvalue weighted by Crippen LogP contribution is -2.27. The average molecular weight is 297 g/mol. The number of carbonyl (C=O) groups excluding carboxylic acids is 1. The third-order valence-corrected chi connectivity index (χ3v) is 4.38. The van der Waals surface area contributed by atoms with Crippen LogP contribution in [-0.4, -0.2) is 22.2 Å². The Balaban J connectivity index is 1.91. The summed E-state index contributed by atoms with van der Waals surface area (Å²) in [7, 11) is 0. The van der Waals surface area contributed by atoms with E-state index in [0.717, 1.165) is 31.4 Å². The topological polar surface area (TPSA) is 77.2 Å². The molecule has 112 valence electrons. The van der Waals surface area contributed by atoms with Crippen molar-refractivity contribution in [1.29, 1.82) is 0 Å². The largest absolute Gasteiger partial charge is 0.444 e. The first-order chi connectivity index (χ1) is 9.17. The molecular formula is C14H23N3O2S. The quantitative estimate of drug-likeness (QED) is 0.894. The highest BCUT2D eigenvalue weighted by atomic mass is 32.1. The molecule has 0 spiro atoms. The van der Waals surface area contributed by atoms with Crippen molar-refractivity contribution in [2.75, 3.05) is 5.32 Å². The number of anilines is 1. The molecule has 6 heteroatoms. The fourth-order valence-corrected chi connectivity index (χ4v) is 2.83. The third-order valence-electron chi connectivity index (χ3n) is 3.24. The zero-order valence-corrected chi connectivity index (χ0v) is 13.4. The maximum absolute atomic E-state index is 11.7. The summed E-state index contributed by atoms with van der Waals surface area (Å²) in [4.78, 5) is 17.2. The number of nitrogens with one attached hydrogen (secondary N) is 1. The number of nitrogens with two attached hydrogens (primary N) is 1. The highest BCUT2D eigenvalue weighted by molar-refractivity contribution is 7.15. The number of ether oxygens (including phenoxy) is 1. The molecule has 0 saturated heterocycles. The van der Waals surface area contributed by atoms with Crippen LogP contribution in [-0.2, 0) is 11.2 Å². The zero-order chi connectivity index (χ0) is 15.0. The molecule has 2 rings (SSSR count). The first-order valence-electron chi connectivity index (χ1n) is 6.92. The van der Waals surface area contributed by atoms with Crippen molar-refractivity contribution < 1.29 is 9.53 Å². The molecule has 0 atom stereocenters. The van der Waals surface area contributed by atoms with E-state index in [-0.39, 0.29) is 5.54 Å². The summed E-state index contributed by atoms with van der Waals surface area (Å²) in [6.07, 6.45) is 3.69. The van der Waals surface area contributed by atoms with Crippen LogP contribution in [0.2, 0.25) is 0 Å². The molecule has 3 N–H and O–H groups in total. The van der Waals surface area contributed by atoms with E-state index in [9.17, 15) is 4.79 Å². The Kier molecular flexibility index (Phi) is 4.07. The Morgan fingerprint density at radius 1 is 1.50 bits per heavy atom. The molecule has 1 amide bonds. The van der Waals surface area contributed by atoms with Gasteiger partial charge in [0.25, 0.3) is 0 Å². The highest BCUT2D eigenvalue weighted by Crippen LogP contribution is 2.37. The molecule has 1 aromatic rings. The van der Waals surface area contributed by atoms with E-state index in [1.54, 1.807) is 0 Å². The lowest BCUT2D eigenvalue weighted by Gasteiger charge is -2.18. The minimum absolute atomic E-state index is 0.0508. The molecule has 0 bridgehead atoms. The number of aromatic nitrogens is 1. The van der Waals surface area contributed by atoms with Crippen LogP contribution in [0.1, 0.15) is 50.6 Å². The number of amides is 1. The van der Waals surface area contributed by atoms with Gasteiger partial charge in [-0.05, 0) is 53.4 Å². The molecule has 1 aromatic heterocycles. The van der Waals surface area contributed by atoms with E-state index >= 15 is 0 Å². The molecule has 20 heavy (non-hydrogen) atoms. The highest BCUT2D eigenvalue weighted by Gasteiger charge is 2.37. The summed E-state index contributed by atoms with van der Waals surface area (Å²) in [6.45, 7) is 7.46. The van der Waals surface area contributed by atoms with Gasteiger partial charge in [-0.2, -0.15) is 0 Å². The van der Waals surface area contributed by atoms with Crippen molar-refractivity contribution in [3.8, 4) is 0 Å². The Hall–Kier alpha value is -1.14. The summed E-state index contributed by atoms with van der Waals surface area (Å²) in [5.74, 6) is 0. The molecule has 0 aromatic carbocycles. The van der Waals surface area contributed by atoms with Crippen LogP contribution in [0.3, 0.4) is 0 Å². The first kappa shape index (κ1) is 15.3. The van der Waals surface area contributed by atoms with Crippen LogP contribution >= 0.6 is 11.3 Å². The van der Waals surface area contributed by atoms with Gasteiger partial charge in [-0.3, -0.25) is 5.32 Å². The number of carbonyl (C=O) groups is 1. The van der Waals surface area contributed by atoms with E-state index in [1.807, 2.05) is 27.7 Å². The molecule has 1 fully saturated rings. The van der Waals surface area contributed by atoms with E-state index < -0.39 is 11.7 Å². The fourth-order valence-electron chi connectivity index (χ4n) is 1.88. The van der Waals surface area contributed by atoms with Crippen molar-refractivity contribution in [3.63, 3.8) is 0 Å². The van der Waals surface area contributed by atoms with Gasteiger partial charge in [-0.1, -0.05) is 0 Å². The Labute approximate surface area is 123 Å². The van der Waals surface area contributed by atoms with Gasteiger partial charge in [-0.25, -0.2) is 9.78 Å². The maximum atomic E-state index is 11.7. The van der Waals surface area contributed by atoms with Crippen LogP contribution in [0.4, 0.5) is 9.93 Å². The molecule has 5 nitrogen and oxygen atoms in total. The third kappa shape index (κ3) is 4.45. The van der Waals surface area contributed by atoms with E-state index in [2.05, 4.69) is 10.3 Å². The summed E-state index contributed by atoms with van der Waals surface area (Å²) in [5.41, 5.74) is 6.61. The van der Waals surface area contributed by atoms with Gasteiger partial charge < -0.3 is 10.5 Å². The second-order valence-corrected chi connectivity index (χ2v) is 7.60. The lowest BCUT2D eigenvalue weighted by atomic mass is 10.1. The van der Waals surface area contributed by atoms with E-state index in [4.69, 9.17) is 10.5 Å². The first-order valence-corrected chi connectivity index (χ1v) is 7.74. The smallest absolute Gasteiger partial charge is 0.413 e. The van der Waals surface area contributed by atoms with Gasteiger partial charge in [0.15, 0.2) is 5.13 Å². The Bertz CT molecular complexity index is 501. The lowest BCUT2D eigenvalue weighted by molar-refractivity contribution is 0.0636. The van der Waals surface area contributed by atoms with Gasteiger partial charge >= 0.3 is 6.09 Å². The number of hydrogen-bond donors (Lipinski definition) is 2. The van der Waals surface area contributed by atoms with Crippen molar-refractivity contribution in [1.82, 2.24) is 4.98 Å². The summed E-state index contributed by atoms with van der Waals surface area (Å²) in [5, 5.41) is 3.28. The zero-order valence-electron chi connectivity index (χ0n) is 12.6. The summed E-state index contributed by atoms with van der Waals surface area (Å²) in [6, 6.07) is 0. The van der Waals surface area contributed by atoms with Gasteiger partial charge in [-0.15, -0.1) is 11.3 Å². The van der Waals surface area contributed by atoms with Crippen LogP contribution < -0.4 is 11.1 Å². The molecule has 0 radical (unpaired) electrons. The Morgan fingerprint density at radius 2 is 2.15 bits per heavy atom. The Morgan fingerprint density at radius 3 is 2.70 bits per heavy atom. The van der Waals surface area contributed by atoms with Gasteiger partial charge in [0.1, 0.15) is 5.60 Å². The molecule has 1 saturated carbocycles. The molecule has 1 heterocycles. The number of thiazole rings is 1. The monoisotopic (exact) mass is 297 g/mol. The normalized spacial score (nSPS) is 16.9. The predicted octanol–water partition coefficient (Wildman–Crippen LogP) is 3.22. The standard InChI is InChI=1S/C14H23N3O2S/c1-9-10(5-6-14(15)7-8-14)20-11(16-9)17-12(18)19-13(2,3)4/h5-8,15H2,1-4H3,(H,16,17,18). The van der Waals surface area contributed by atoms with Gasteiger partial charge in [0.2, 0.25) is 0 Å². The van der Waals surface area contributed by atoms with Crippen LogP contribution in [0.5, 0.6) is 0 Å². The number of rotatable bonds is 4. The number of hydrogen-bond acceptors (Lipinski definition) is 5. The second-order valence-electron chi connectivity index (χ2n) is 6.52. The van der Waals surface area contributed by atoms with Crippen molar-refractivity contribution >= 4 is 22.6 Å². The molecule has 1 aliphatic rings. The minimum Gasteiger partial charge on any atom is -0.444 e. The van der Waals surface area contributed by atoms with Crippen molar-refractivity contribution in [2.45, 2.75) is 64.5 Å². The predicted molar refractivity (Wildman–Crippen MR) is 81.2 cm³/mol. The molecular weight excluding hydrogens is 274 g/mol. The summed E-state index contributed by atoms with van der Waals surface area (Å²) < 4.78 is 5.21. The van der Waals surface area contributed by atoms with Crippen LogP contribution in [0.15, 0.2) is 0 Å². The van der Waals surface area contributed by atoms with Crippen molar-refractivity contribution in [3.05, 3.63) is 10.6 Å². The summed E-state index contributed by atoms with van der Waals surface area (Å²) >= 11 is 1.50. The van der Waals surface area contributed by atoms with Gasteiger partial charge in [0.05, 0.1) is 5.69 Å². The van der Waals surface area contributed by atoms with Crippen LogP contribution in [0, 0.1) is 6.92 Å². The molecule has 1 aliphatic carbocycles. The van der Waals surface area contributed by atoms with E-state index in [0.29, 0.717) is 5.13 Å². The van der Waals surface area contributed by atoms with Crippen LogP contribution in [0.25, 0.3) is 0 Å². The second kappa shape index (κ2) is 5.33. The molecule has 0 unspecified atom stereocenters. The van der Waals surface area contributed by atoms with Gasteiger partial charge in [0, 0.05) is 10.4 Å². The number of aryl methyl sites for hydroxylation is 2. The van der Waals surface area contributed by atoms with E-state index in [1.165, 1.54) is 16.2 Å². The molecule has 0 aliphatic heterocycles. The maximum Gasteiger partial charge on any atom is 0.413 e. The SMILES string of the molecule is Cc1nc(NC(=O)OC(C)(C)C)sc1CCC1(N)CC1. The minimum atomic E-state index is -0.503. The fraction of sp³-hybridized carbons (Fsp3) is 0.714. The van der Waals surface area contributed by atoms with Crippen molar-refractivity contribution in [2.24, 2.45) is 5.73 Å². The number of nitrogens with zero attached hydrogens (tertiary/aromatic N) is 1. The average Bonchev–Trinajstić information content (AvgIpc) is 2.89.